The second kappa shape index (κ2) is 4.05. The summed E-state index contributed by atoms with van der Waals surface area (Å²) in [6.45, 7) is 12.9. The fourth-order valence-corrected chi connectivity index (χ4v) is 2.59. The number of nitrogens with zero attached hydrogens (tertiary/aromatic N) is 8. The molecule has 0 saturated carbocycles. The summed E-state index contributed by atoms with van der Waals surface area (Å²) in [6.07, 6.45) is 0. The molecule has 0 fully saturated rings. The van der Waals surface area contributed by atoms with Crippen molar-refractivity contribution in [3.63, 3.8) is 0 Å². The average molecular weight is 282 g/mol. The van der Waals surface area contributed by atoms with Gasteiger partial charge in [-0.3, -0.25) is 0 Å². The minimum Gasteiger partial charge on any atom is -0.201 e. The highest BCUT2D eigenvalue weighted by atomic mass is 28.3. The van der Waals surface area contributed by atoms with Gasteiger partial charge in [0.1, 0.15) is 0 Å². The fourth-order valence-electron chi connectivity index (χ4n) is 1.18. The molecule has 0 aliphatic heterocycles. The van der Waals surface area contributed by atoms with E-state index in [9.17, 15) is 0 Å². The van der Waals surface area contributed by atoms with E-state index < -0.39 is 16.5 Å². The van der Waals surface area contributed by atoms with E-state index in [0.717, 1.165) is 0 Å². The van der Waals surface area contributed by atoms with Gasteiger partial charge in [0.15, 0.2) is 0 Å². The van der Waals surface area contributed by atoms with Crippen molar-refractivity contribution in [2.45, 2.75) is 39.3 Å². The summed E-state index contributed by atoms with van der Waals surface area (Å²) >= 11 is 0. The minimum absolute atomic E-state index is 0.446. The van der Waals surface area contributed by atoms with Crippen LogP contribution in [-0.4, -0.2) is 56.2 Å². The standard InChI is InChI=1S/C8H18N8Si2/c1-17(2,3)15-11-7(9-13-15)8-10-14-16(12-8)18(4,5)6/h1-6H3. The predicted octanol–water partition coefficient (Wildman–Crippen LogP) is 0.693. The van der Waals surface area contributed by atoms with Crippen LogP contribution in [0.15, 0.2) is 0 Å². The van der Waals surface area contributed by atoms with Gasteiger partial charge in [0.2, 0.25) is 28.1 Å². The molecule has 2 heterocycles. The Hall–Kier alpha value is -1.43. The summed E-state index contributed by atoms with van der Waals surface area (Å²) < 4.78 is 3.38. The van der Waals surface area contributed by atoms with Crippen LogP contribution in [0.4, 0.5) is 0 Å². The Bertz CT molecular complexity index is 496. The van der Waals surface area contributed by atoms with Gasteiger partial charge in [-0.15, -0.1) is 20.4 Å². The average Bonchev–Trinajstić information content (AvgIpc) is 2.84. The highest BCUT2D eigenvalue weighted by molar-refractivity contribution is 6.74. The Morgan fingerprint density at radius 1 is 0.667 bits per heavy atom. The van der Waals surface area contributed by atoms with Gasteiger partial charge in [-0.25, -0.2) is 8.92 Å². The molecule has 8 nitrogen and oxygen atoms in total. The van der Waals surface area contributed by atoms with Gasteiger partial charge in [-0.2, -0.15) is 0 Å². The van der Waals surface area contributed by atoms with Crippen LogP contribution >= 0.6 is 0 Å². The SMILES string of the molecule is C[Si](C)(C)n1nnc(-c2nnn([Si](C)(C)C)n2)n1. The van der Waals surface area contributed by atoms with Crippen LogP contribution in [0.2, 0.25) is 39.3 Å². The largest absolute Gasteiger partial charge is 0.244 e. The molecule has 0 aliphatic rings. The summed E-state index contributed by atoms with van der Waals surface area (Å²) in [5.74, 6) is 0.892. The van der Waals surface area contributed by atoms with Crippen LogP contribution in [0.3, 0.4) is 0 Å². The normalized spacial score (nSPS) is 13.0. The highest BCUT2D eigenvalue weighted by Gasteiger charge is 2.24. The van der Waals surface area contributed by atoms with Crippen molar-refractivity contribution in [3.05, 3.63) is 0 Å². The molecule has 2 aromatic rings. The number of aromatic nitrogens is 8. The van der Waals surface area contributed by atoms with Crippen molar-refractivity contribution in [3.8, 4) is 11.6 Å². The molecule has 0 bridgehead atoms. The quantitative estimate of drug-likeness (QED) is 0.770. The van der Waals surface area contributed by atoms with Crippen molar-refractivity contribution >= 4 is 16.5 Å². The van der Waals surface area contributed by atoms with Crippen molar-refractivity contribution in [2.75, 3.05) is 0 Å². The lowest BCUT2D eigenvalue weighted by Gasteiger charge is -2.12. The molecule has 10 heteroatoms. The van der Waals surface area contributed by atoms with Crippen LogP contribution < -0.4 is 0 Å². The molecular formula is C8H18N8Si2. The predicted molar refractivity (Wildman–Crippen MR) is 72.1 cm³/mol. The minimum atomic E-state index is -1.62. The molecule has 0 aliphatic carbocycles. The van der Waals surface area contributed by atoms with Gasteiger partial charge in [-0.1, -0.05) is 10.4 Å². The van der Waals surface area contributed by atoms with Crippen LogP contribution in [0, 0.1) is 0 Å². The highest BCUT2D eigenvalue weighted by Crippen LogP contribution is 2.10. The molecule has 0 aromatic carbocycles. The van der Waals surface area contributed by atoms with E-state index in [1.165, 1.54) is 0 Å². The second-order valence-corrected chi connectivity index (χ2v) is 15.6. The third-order valence-electron chi connectivity index (χ3n) is 2.23. The van der Waals surface area contributed by atoms with E-state index in [1.807, 2.05) is 0 Å². The molecule has 0 saturated heterocycles. The van der Waals surface area contributed by atoms with Gasteiger partial charge in [0.25, 0.3) is 0 Å². The van der Waals surface area contributed by atoms with Crippen molar-refractivity contribution in [1.29, 1.82) is 0 Å². The summed E-state index contributed by atoms with van der Waals surface area (Å²) in [6, 6.07) is 0. The van der Waals surface area contributed by atoms with Crippen LogP contribution in [0.25, 0.3) is 11.6 Å². The Balaban J connectivity index is 2.33. The zero-order valence-corrected chi connectivity index (χ0v) is 13.6. The van der Waals surface area contributed by atoms with E-state index in [4.69, 9.17) is 0 Å². The summed E-state index contributed by atoms with van der Waals surface area (Å²) in [5, 5.41) is 24.8. The molecule has 0 unspecified atom stereocenters. The van der Waals surface area contributed by atoms with Crippen LogP contribution in [-0.2, 0) is 0 Å². The first kappa shape index (κ1) is 13.0. The van der Waals surface area contributed by atoms with Crippen molar-refractivity contribution < 1.29 is 0 Å². The first-order valence-electron chi connectivity index (χ1n) is 5.79. The van der Waals surface area contributed by atoms with E-state index >= 15 is 0 Å². The Labute approximate surface area is 108 Å². The first-order chi connectivity index (χ1) is 8.18. The Morgan fingerprint density at radius 2 is 1.00 bits per heavy atom. The number of rotatable bonds is 3. The second-order valence-electron chi connectivity index (χ2n) is 6.15. The number of hydrogen-bond donors (Lipinski definition) is 0. The van der Waals surface area contributed by atoms with Gasteiger partial charge in [0, 0.05) is 0 Å². The van der Waals surface area contributed by atoms with Crippen molar-refractivity contribution in [1.82, 2.24) is 39.7 Å². The van der Waals surface area contributed by atoms with E-state index in [2.05, 4.69) is 70.1 Å². The molecule has 0 radical (unpaired) electrons. The third-order valence-corrected chi connectivity index (χ3v) is 5.01. The molecule has 0 spiro atoms. The molecule has 0 amide bonds. The molecule has 0 atom stereocenters. The lowest BCUT2D eigenvalue weighted by Crippen LogP contribution is -2.34. The van der Waals surface area contributed by atoms with Gasteiger partial charge in [0.05, 0.1) is 0 Å². The van der Waals surface area contributed by atoms with E-state index in [1.54, 1.807) is 8.92 Å². The van der Waals surface area contributed by atoms with Gasteiger partial charge in [-0.05, 0) is 39.3 Å². The zero-order valence-electron chi connectivity index (χ0n) is 11.6. The summed E-state index contributed by atoms with van der Waals surface area (Å²) in [7, 11) is -3.23. The smallest absolute Gasteiger partial charge is 0.201 e. The molecule has 98 valence electrons. The van der Waals surface area contributed by atoms with E-state index in [0.29, 0.717) is 11.6 Å². The summed E-state index contributed by atoms with van der Waals surface area (Å²) in [5.41, 5.74) is 0. The third kappa shape index (κ3) is 2.53. The number of tetrazole rings is 2. The van der Waals surface area contributed by atoms with Crippen LogP contribution in [0.1, 0.15) is 0 Å². The maximum absolute atomic E-state index is 4.34. The van der Waals surface area contributed by atoms with Gasteiger partial charge >= 0.3 is 0 Å². The Morgan fingerprint density at radius 3 is 1.22 bits per heavy atom. The monoisotopic (exact) mass is 282 g/mol. The molecular weight excluding hydrogens is 264 g/mol. The van der Waals surface area contributed by atoms with Gasteiger partial charge < -0.3 is 0 Å². The first-order valence-corrected chi connectivity index (χ1v) is 12.7. The number of hydrogen-bond acceptors (Lipinski definition) is 6. The molecule has 18 heavy (non-hydrogen) atoms. The maximum atomic E-state index is 4.34. The van der Waals surface area contributed by atoms with Crippen LogP contribution in [0.5, 0.6) is 0 Å². The lowest BCUT2D eigenvalue weighted by atomic mass is 10.6. The van der Waals surface area contributed by atoms with Crippen molar-refractivity contribution in [2.24, 2.45) is 0 Å². The fraction of sp³-hybridized carbons (Fsp3) is 0.750. The topological polar surface area (TPSA) is 87.2 Å². The lowest BCUT2D eigenvalue weighted by molar-refractivity contribution is 0.762. The van der Waals surface area contributed by atoms with E-state index in [-0.39, 0.29) is 0 Å². The summed E-state index contributed by atoms with van der Waals surface area (Å²) in [4.78, 5) is 0. The zero-order chi connectivity index (χ0) is 13.6. The maximum Gasteiger partial charge on any atom is 0.244 e. The molecule has 0 N–H and O–H groups in total. The Kier molecular flexibility index (Phi) is 2.93. The molecule has 2 rings (SSSR count). The molecule has 2 aromatic heterocycles.